The smallest absolute Gasteiger partial charge is 0.322 e. The summed E-state index contributed by atoms with van der Waals surface area (Å²) in [6.07, 6.45) is 0.261. The summed E-state index contributed by atoms with van der Waals surface area (Å²) in [4.78, 5) is 26.8. The normalized spacial score (nSPS) is 16.2. The van der Waals surface area contributed by atoms with Crippen LogP contribution in [0.4, 0.5) is 11.7 Å². The third-order valence-corrected chi connectivity index (χ3v) is 5.61. The predicted molar refractivity (Wildman–Crippen MR) is 125 cm³/mol. The molecule has 0 bridgehead atoms. The van der Waals surface area contributed by atoms with E-state index in [0.29, 0.717) is 24.6 Å². The summed E-state index contributed by atoms with van der Waals surface area (Å²) in [7, 11) is 0. The van der Waals surface area contributed by atoms with Gasteiger partial charge in [-0.3, -0.25) is 14.9 Å². The van der Waals surface area contributed by atoms with Crippen LogP contribution in [-0.4, -0.2) is 35.2 Å². The highest BCUT2D eigenvalue weighted by Gasteiger charge is 2.35. The van der Waals surface area contributed by atoms with Gasteiger partial charge in [-0.25, -0.2) is 0 Å². The Kier molecular flexibility index (Phi) is 6.18. The standard InChI is InChI=1S/C25H28N4O4/c1-5-32-20-12-10-19(11-13-20)29-15-17(14-21(29)30)23-27-28-24(33-23)26-22(31)16-6-8-18(9-7-16)25(2,3)4/h6-13,17H,5,14-15H2,1-4H3,(H,26,28,31)/t17-/m0/s1. The van der Waals surface area contributed by atoms with Crippen molar-refractivity contribution in [3.63, 3.8) is 0 Å². The lowest BCUT2D eigenvalue weighted by atomic mass is 9.87. The fourth-order valence-corrected chi connectivity index (χ4v) is 3.75. The van der Waals surface area contributed by atoms with Gasteiger partial charge in [0.2, 0.25) is 11.8 Å². The van der Waals surface area contributed by atoms with Crippen LogP contribution >= 0.6 is 0 Å². The molecule has 3 aromatic rings. The van der Waals surface area contributed by atoms with Gasteiger partial charge in [-0.05, 0) is 54.3 Å². The van der Waals surface area contributed by atoms with Crippen molar-refractivity contribution in [2.45, 2.75) is 45.4 Å². The van der Waals surface area contributed by atoms with Crippen LogP contribution in [0.1, 0.15) is 61.8 Å². The van der Waals surface area contributed by atoms with Gasteiger partial charge in [0.1, 0.15) is 5.75 Å². The Hall–Kier alpha value is -3.68. The quantitative estimate of drug-likeness (QED) is 0.595. The van der Waals surface area contributed by atoms with E-state index in [1.807, 2.05) is 43.3 Å². The van der Waals surface area contributed by atoms with E-state index in [0.717, 1.165) is 17.0 Å². The molecule has 2 heterocycles. The molecule has 4 rings (SSSR count). The highest BCUT2D eigenvalue weighted by atomic mass is 16.5. The molecule has 33 heavy (non-hydrogen) atoms. The van der Waals surface area contributed by atoms with Crippen molar-refractivity contribution >= 4 is 23.5 Å². The van der Waals surface area contributed by atoms with Crippen LogP contribution < -0.4 is 15.0 Å². The van der Waals surface area contributed by atoms with E-state index >= 15 is 0 Å². The molecule has 1 saturated heterocycles. The minimum absolute atomic E-state index is 0.00825. The monoisotopic (exact) mass is 448 g/mol. The number of anilines is 2. The zero-order valence-electron chi connectivity index (χ0n) is 19.3. The zero-order valence-corrected chi connectivity index (χ0v) is 19.3. The molecule has 1 aromatic heterocycles. The van der Waals surface area contributed by atoms with Gasteiger partial charge in [0.05, 0.1) is 12.5 Å². The second-order valence-corrected chi connectivity index (χ2v) is 9.06. The SMILES string of the molecule is CCOc1ccc(N2C[C@@H](c3nnc(NC(=O)c4ccc(C(C)(C)C)cc4)o3)CC2=O)cc1. The van der Waals surface area contributed by atoms with Crippen LogP contribution in [0, 0.1) is 0 Å². The molecule has 1 aliphatic heterocycles. The molecule has 1 fully saturated rings. The van der Waals surface area contributed by atoms with Crippen molar-refractivity contribution in [3.8, 4) is 5.75 Å². The maximum atomic E-state index is 12.6. The van der Waals surface area contributed by atoms with Crippen LogP contribution in [0.2, 0.25) is 0 Å². The first kappa shape index (κ1) is 22.5. The van der Waals surface area contributed by atoms with Crippen LogP contribution in [0.5, 0.6) is 5.75 Å². The molecule has 1 aliphatic rings. The summed E-state index contributed by atoms with van der Waals surface area (Å²) in [6.45, 7) is 9.29. The Morgan fingerprint density at radius 3 is 2.45 bits per heavy atom. The number of rotatable bonds is 6. The molecule has 2 aromatic carbocycles. The Labute approximate surface area is 193 Å². The lowest BCUT2D eigenvalue weighted by Gasteiger charge is -2.18. The molecule has 0 radical (unpaired) electrons. The van der Waals surface area contributed by atoms with Crippen molar-refractivity contribution in [3.05, 3.63) is 65.5 Å². The summed E-state index contributed by atoms with van der Waals surface area (Å²) in [5, 5.41) is 10.6. The lowest BCUT2D eigenvalue weighted by Crippen LogP contribution is -2.24. The summed E-state index contributed by atoms with van der Waals surface area (Å²) in [6, 6.07) is 14.8. The number of hydrogen-bond acceptors (Lipinski definition) is 6. The summed E-state index contributed by atoms with van der Waals surface area (Å²) >= 11 is 0. The molecular weight excluding hydrogens is 420 g/mol. The van der Waals surface area contributed by atoms with Crippen LogP contribution in [-0.2, 0) is 10.2 Å². The molecule has 2 amide bonds. The largest absolute Gasteiger partial charge is 0.494 e. The topological polar surface area (TPSA) is 97.6 Å². The van der Waals surface area contributed by atoms with E-state index in [-0.39, 0.29) is 35.6 Å². The van der Waals surface area contributed by atoms with Crippen LogP contribution in [0.3, 0.4) is 0 Å². The maximum absolute atomic E-state index is 12.6. The molecule has 0 unspecified atom stereocenters. The molecule has 0 aliphatic carbocycles. The van der Waals surface area contributed by atoms with Gasteiger partial charge in [-0.2, -0.15) is 0 Å². The molecule has 0 spiro atoms. The molecule has 172 valence electrons. The van der Waals surface area contributed by atoms with Gasteiger partial charge < -0.3 is 14.1 Å². The number of carbonyl (C=O) groups excluding carboxylic acids is 2. The van der Waals surface area contributed by atoms with Crippen molar-refractivity contribution in [2.24, 2.45) is 0 Å². The molecule has 1 atom stereocenters. The zero-order chi connectivity index (χ0) is 23.6. The number of ether oxygens (including phenoxy) is 1. The first-order chi connectivity index (χ1) is 15.7. The second-order valence-electron chi connectivity index (χ2n) is 9.06. The minimum Gasteiger partial charge on any atom is -0.494 e. The summed E-state index contributed by atoms with van der Waals surface area (Å²) < 4.78 is 11.1. The molecular formula is C25H28N4O4. The van der Waals surface area contributed by atoms with Crippen molar-refractivity contribution < 1.29 is 18.7 Å². The van der Waals surface area contributed by atoms with E-state index in [2.05, 4.69) is 36.3 Å². The Morgan fingerprint density at radius 2 is 1.82 bits per heavy atom. The first-order valence-electron chi connectivity index (χ1n) is 11.0. The lowest BCUT2D eigenvalue weighted by molar-refractivity contribution is -0.117. The van der Waals surface area contributed by atoms with Crippen molar-refractivity contribution in [2.75, 3.05) is 23.4 Å². The summed E-state index contributed by atoms with van der Waals surface area (Å²) in [5.41, 5.74) is 2.44. The number of benzene rings is 2. The predicted octanol–water partition coefficient (Wildman–Crippen LogP) is 4.54. The maximum Gasteiger partial charge on any atom is 0.322 e. The van der Waals surface area contributed by atoms with E-state index in [9.17, 15) is 9.59 Å². The molecule has 0 saturated carbocycles. The third-order valence-electron chi connectivity index (χ3n) is 5.61. The van der Waals surface area contributed by atoms with E-state index < -0.39 is 0 Å². The molecule has 8 heteroatoms. The molecule has 1 N–H and O–H groups in total. The van der Waals surface area contributed by atoms with E-state index in [1.54, 1.807) is 17.0 Å². The number of nitrogens with zero attached hydrogens (tertiary/aromatic N) is 3. The van der Waals surface area contributed by atoms with Gasteiger partial charge >= 0.3 is 6.01 Å². The van der Waals surface area contributed by atoms with Gasteiger partial charge in [0, 0.05) is 24.2 Å². The first-order valence-corrected chi connectivity index (χ1v) is 11.0. The highest BCUT2D eigenvalue weighted by Crippen LogP contribution is 2.32. The van der Waals surface area contributed by atoms with E-state index in [4.69, 9.17) is 9.15 Å². The van der Waals surface area contributed by atoms with Crippen molar-refractivity contribution in [1.82, 2.24) is 10.2 Å². The number of carbonyl (C=O) groups is 2. The Morgan fingerprint density at radius 1 is 1.12 bits per heavy atom. The van der Waals surface area contributed by atoms with Gasteiger partial charge in [-0.1, -0.05) is 38.0 Å². The van der Waals surface area contributed by atoms with Crippen molar-refractivity contribution in [1.29, 1.82) is 0 Å². The number of nitrogens with one attached hydrogen (secondary N) is 1. The highest BCUT2D eigenvalue weighted by molar-refractivity contribution is 6.03. The minimum atomic E-state index is -0.329. The molecule has 8 nitrogen and oxygen atoms in total. The number of amides is 2. The third kappa shape index (κ3) is 5.05. The Balaban J connectivity index is 1.40. The van der Waals surface area contributed by atoms with Gasteiger partial charge in [-0.15, -0.1) is 5.10 Å². The van der Waals surface area contributed by atoms with E-state index in [1.165, 1.54) is 0 Å². The average molecular weight is 449 g/mol. The fraction of sp³-hybridized carbons (Fsp3) is 0.360. The van der Waals surface area contributed by atoms with Gasteiger partial charge in [0.15, 0.2) is 0 Å². The fourth-order valence-electron chi connectivity index (χ4n) is 3.75. The second kappa shape index (κ2) is 9.05. The van der Waals surface area contributed by atoms with Crippen LogP contribution in [0.25, 0.3) is 0 Å². The number of hydrogen-bond donors (Lipinski definition) is 1. The van der Waals surface area contributed by atoms with Crippen LogP contribution in [0.15, 0.2) is 52.9 Å². The number of aromatic nitrogens is 2. The Bertz CT molecular complexity index is 1130. The summed E-state index contributed by atoms with van der Waals surface area (Å²) in [5.74, 6) is 0.495. The average Bonchev–Trinajstić information content (AvgIpc) is 3.40. The van der Waals surface area contributed by atoms with Gasteiger partial charge in [0.25, 0.3) is 5.91 Å².